The van der Waals surface area contributed by atoms with Gasteiger partial charge >= 0.3 is 0 Å². The summed E-state index contributed by atoms with van der Waals surface area (Å²) in [7, 11) is 0. The zero-order chi connectivity index (χ0) is 13.6. The molecule has 0 radical (unpaired) electrons. The van der Waals surface area contributed by atoms with E-state index in [9.17, 15) is 5.11 Å². The van der Waals surface area contributed by atoms with Crippen LogP contribution < -0.4 is 0 Å². The van der Waals surface area contributed by atoms with Gasteiger partial charge in [0, 0.05) is 0 Å². The quantitative estimate of drug-likeness (QED) is 0.746. The van der Waals surface area contributed by atoms with Gasteiger partial charge in [-0.2, -0.15) is 0 Å². The second-order valence-electron chi connectivity index (χ2n) is 5.68. The van der Waals surface area contributed by atoms with E-state index in [0.717, 1.165) is 0 Å². The predicted octanol–water partition coefficient (Wildman–Crippen LogP) is 0.0112. The summed E-state index contributed by atoms with van der Waals surface area (Å²) in [6.07, 6.45) is -2.38. The van der Waals surface area contributed by atoms with Gasteiger partial charge in [-0.05, 0) is 27.7 Å². The number of rotatable bonds is 3. The summed E-state index contributed by atoms with van der Waals surface area (Å²) in [4.78, 5) is 0. The third kappa shape index (κ3) is 2.84. The minimum atomic E-state index is -0.996. The van der Waals surface area contributed by atoms with Gasteiger partial charge in [0.05, 0.1) is 13.2 Å². The van der Waals surface area contributed by atoms with Crippen LogP contribution in [0.4, 0.5) is 0 Å². The molecule has 0 unspecified atom stereocenters. The summed E-state index contributed by atoms with van der Waals surface area (Å²) in [6, 6.07) is 0. The third-order valence-electron chi connectivity index (χ3n) is 3.13. The van der Waals surface area contributed by atoms with Crippen LogP contribution in [0.5, 0.6) is 0 Å². The van der Waals surface area contributed by atoms with E-state index in [1.54, 1.807) is 13.8 Å². The monoisotopic (exact) mass is 262 g/mol. The van der Waals surface area contributed by atoms with Crippen molar-refractivity contribution in [1.29, 1.82) is 0 Å². The summed E-state index contributed by atoms with van der Waals surface area (Å²) in [6.45, 7) is 7.19. The predicted molar refractivity (Wildman–Crippen MR) is 61.8 cm³/mol. The molecule has 2 aliphatic heterocycles. The van der Waals surface area contributed by atoms with E-state index in [1.807, 2.05) is 13.8 Å². The van der Waals surface area contributed by atoms with Crippen molar-refractivity contribution in [3.8, 4) is 0 Å². The Balaban J connectivity index is 2.10. The van der Waals surface area contributed by atoms with Crippen LogP contribution in [0.3, 0.4) is 0 Å². The highest BCUT2D eigenvalue weighted by Gasteiger charge is 2.51. The lowest BCUT2D eigenvalue weighted by Gasteiger charge is -2.25. The lowest BCUT2D eigenvalue weighted by atomic mass is 10.0. The number of hydrogen-bond acceptors (Lipinski definition) is 6. The summed E-state index contributed by atoms with van der Waals surface area (Å²) in [5.74, 6) is -1.46. The fourth-order valence-electron chi connectivity index (χ4n) is 2.38. The lowest BCUT2D eigenvalue weighted by molar-refractivity contribution is -0.175. The Bertz CT molecular complexity index is 303. The molecule has 2 fully saturated rings. The average molecular weight is 262 g/mol. The maximum absolute atomic E-state index is 9.80. The molecular formula is C12H22O6. The second kappa shape index (κ2) is 4.70. The minimum Gasteiger partial charge on any atom is -0.394 e. The largest absolute Gasteiger partial charge is 0.394 e. The molecular weight excluding hydrogens is 240 g/mol. The van der Waals surface area contributed by atoms with E-state index in [1.165, 1.54) is 0 Å². The Hall–Kier alpha value is -0.240. The van der Waals surface area contributed by atoms with Gasteiger partial charge in [-0.1, -0.05) is 0 Å². The fourth-order valence-corrected chi connectivity index (χ4v) is 2.38. The summed E-state index contributed by atoms with van der Waals surface area (Å²) >= 11 is 0. The van der Waals surface area contributed by atoms with Crippen molar-refractivity contribution in [2.45, 2.75) is 63.7 Å². The number of aliphatic hydroxyl groups excluding tert-OH is 2. The van der Waals surface area contributed by atoms with Crippen molar-refractivity contribution < 1.29 is 29.2 Å². The van der Waals surface area contributed by atoms with Gasteiger partial charge in [-0.25, -0.2) is 0 Å². The first kappa shape index (κ1) is 14.2. The van der Waals surface area contributed by atoms with Crippen molar-refractivity contribution >= 4 is 0 Å². The summed E-state index contributed by atoms with van der Waals surface area (Å²) < 4.78 is 22.6. The molecule has 2 heterocycles. The molecule has 18 heavy (non-hydrogen) atoms. The van der Waals surface area contributed by atoms with Crippen LogP contribution in [0, 0.1) is 0 Å². The van der Waals surface area contributed by atoms with E-state index < -0.39 is 29.9 Å². The van der Waals surface area contributed by atoms with E-state index in [0.29, 0.717) is 6.61 Å². The van der Waals surface area contributed by atoms with Gasteiger partial charge in [0.15, 0.2) is 11.6 Å². The van der Waals surface area contributed by atoms with E-state index in [4.69, 9.17) is 24.1 Å². The molecule has 6 nitrogen and oxygen atoms in total. The molecule has 0 spiro atoms. The van der Waals surface area contributed by atoms with E-state index >= 15 is 0 Å². The van der Waals surface area contributed by atoms with Crippen LogP contribution in [0.2, 0.25) is 0 Å². The molecule has 2 N–H and O–H groups in total. The molecule has 2 rings (SSSR count). The first-order valence-corrected chi connectivity index (χ1v) is 6.20. The smallest absolute Gasteiger partial charge is 0.164 e. The SMILES string of the molecule is CC1(C)O[C@@H]([C@H](O)CO)[C@H]([C@@H]2COC(C)(C)O2)O1. The fraction of sp³-hybridized carbons (Fsp3) is 1.00. The molecule has 6 heteroatoms. The van der Waals surface area contributed by atoms with Gasteiger partial charge in [-0.15, -0.1) is 0 Å². The van der Waals surface area contributed by atoms with Gasteiger partial charge in [0.2, 0.25) is 0 Å². The van der Waals surface area contributed by atoms with E-state index in [-0.39, 0.29) is 12.7 Å². The average Bonchev–Trinajstić information content (AvgIpc) is 2.77. The van der Waals surface area contributed by atoms with Crippen molar-refractivity contribution in [1.82, 2.24) is 0 Å². The zero-order valence-corrected chi connectivity index (χ0v) is 11.3. The number of hydrogen-bond donors (Lipinski definition) is 2. The first-order chi connectivity index (χ1) is 8.24. The van der Waals surface area contributed by atoms with Crippen molar-refractivity contribution in [3.05, 3.63) is 0 Å². The minimum absolute atomic E-state index is 0.312. The molecule has 0 aromatic rings. The summed E-state index contributed by atoms with van der Waals surface area (Å²) in [5.41, 5.74) is 0. The van der Waals surface area contributed by atoms with Crippen LogP contribution in [0.1, 0.15) is 27.7 Å². The standard InChI is InChI=1S/C12H22O6/c1-11(2)15-6-8(16-11)10-9(7(14)5-13)17-12(3,4)18-10/h7-10,13-14H,5-6H2,1-4H3/t7-,8+,9+,10+/m1/s1. The topological polar surface area (TPSA) is 77.4 Å². The second-order valence-corrected chi connectivity index (χ2v) is 5.68. The van der Waals surface area contributed by atoms with Crippen LogP contribution in [-0.4, -0.2) is 59.4 Å². The van der Waals surface area contributed by atoms with Crippen molar-refractivity contribution in [2.75, 3.05) is 13.2 Å². The summed E-state index contributed by atoms with van der Waals surface area (Å²) in [5, 5.41) is 18.9. The molecule has 0 aliphatic carbocycles. The van der Waals surface area contributed by atoms with Crippen LogP contribution in [-0.2, 0) is 18.9 Å². The van der Waals surface area contributed by atoms with Crippen LogP contribution in [0.25, 0.3) is 0 Å². The van der Waals surface area contributed by atoms with Crippen molar-refractivity contribution in [2.24, 2.45) is 0 Å². The highest BCUT2D eigenvalue weighted by molar-refractivity contribution is 4.93. The number of ether oxygens (including phenoxy) is 4. The molecule has 4 atom stereocenters. The zero-order valence-electron chi connectivity index (χ0n) is 11.3. The van der Waals surface area contributed by atoms with Crippen LogP contribution in [0.15, 0.2) is 0 Å². The van der Waals surface area contributed by atoms with Gasteiger partial charge in [0.25, 0.3) is 0 Å². The Labute approximate surface area is 107 Å². The number of aliphatic hydroxyl groups is 2. The highest BCUT2D eigenvalue weighted by atomic mass is 16.8. The first-order valence-electron chi connectivity index (χ1n) is 6.20. The van der Waals surface area contributed by atoms with Gasteiger partial charge in [-0.3, -0.25) is 0 Å². The van der Waals surface area contributed by atoms with E-state index in [2.05, 4.69) is 0 Å². The Morgan fingerprint density at radius 3 is 2.28 bits per heavy atom. The normalized spacial score (nSPS) is 40.0. The Kier molecular flexibility index (Phi) is 3.70. The van der Waals surface area contributed by atoms with Crippen molar-refractivity contribution in [3.63, 3.8) is 0 Å². The highest BCUT2D eigenvalue weighted by Crippen LogP contribution is 2.36. The molecule has 0 amide bonds. The molecule has 106 valence electrons. The van der Waals surface area contributed by atoms with Crippen LogP contribution >= 0.6 is 0 Å². The molecule has 0 aromatic heterocycles. The van der Waals surface area contributed by atoms with Gasteiger partial charge < -0.3 is 29.2 Å². The molecule has 0 saturated carbocycles. The molecule has 0 aromatic carbocycles. The lowest BCUT2D eigenvalue weighted by Crippen LogP contribution is -2.45. The third-order valence-corrected chi connectivity index (χ3v) is 3.13. The molecule has 0 bridgehead atoms. The van der Waals surface area contributed by atoms with Gasteiger partial charge in [0.1, 0.15) is 24.4 Å². The maximum atomic E-state index is 9.80. The Morgan fingerprint density at radius 2 is 1.78 bits per heavy atom. The molecule has 2 aliphatic rings. The maximum Gasteiger partial charge on any atom is 0.164 e. The molecule has 2 saturated heterocycles. The Morgan fingerprint density at radius 1 is 1.11 bits per heavy atom.